The smallest absolute Gasteiger partial charge is 0.255 e. The van der Waals surface area contributed by atoms with Gasteiger partial charge < -0.3 is 15.2 Å². The van der Waals surface area contributed by atoms with E-state index in [1.54, 1.807) is 6.07 Å². The molecule has 3 aromatic rings. The lowest BCUT2D eigenvalue weighted by Crippen LogP contribution is -2.15. The van der Waals surface area contributed by atoms with E-state index < -0.39 is 0 Å². The van der Waals surface area contributed by atoms with Crippen LogP contribution in [0.15, 0.2) is 47.3 Å². The maximum atomic E-state index is 12.6. The summed E-state index contributed by atoms with van der Waals surface area (Å²) >= 11 is 0. The van der Waals surface area contributed by atoms with Crippen LogP contribution >= 0.6 is 0 Å². The van der Waals surface area contributed by atoms with Crippen LogP contribution in [0.2, 0.25) is 0 Å². The van der Waals surface area contributed by atoms with E-state index in [2.05, 4.69) is 10.3 Å². The second-order valence-corrected chi connectivity index (χ2v) is 6.92. The van der Waals surface area contributed by atoms with Crippen LogP contribution in [-0.4, -0.2) is 25.0 Å². The normalized spacial score (nSPS) is 12.8. The summed E-state index contributed by atoms with van der Waals surface area (Å²) in [7, 11) is 3.88. The van der Waals surface area contributed by atoms with Crippen LogP contribution in [-0.2, 0) is 12.8 Å². The molecule has 0 aliphatic heterocycles. The Bertz CT molecular complexity index is 1070. The van der Waals surface area contributed by atoms with Gasteiger partial charge in [-0.25, -0.2) is 0 Å². The first-order chi connectivity index (χ1) is 12.5. The van der Waals surface area contributed by atoms with Gasteiger partial charge in [0.15, 0.2) is 0 Å². The van der Waals surface area contributed by atoms with Gasteiger partial charge in [-0.05, 0) is 55.2 Å². The molecule has 0 radical (unpaired) electrons. The zero-order valence-corrected chi connectivity index (χ0v) is 14.9. The predicted molar refractivity (Wildman–Crippen MR) is 105 cm³/mol. The summed E-state index contributed by atoms with van der Waals surface area (Å²) in [5.41, 5.74) is 5.07. The molecule has 0 bridgehead atoms. The van der Waals surface area contributed by atoms with Crippen molar-refractivity contribution < 1.29 is 4.79 Å². The van der Waals surface area contributed by atoms with Crippen LogP contribution in [0, 0.1) is 0 Å². The van der Waals surface area contributed by atoms with Crippen LogP contribution in [0.5, 0.6) is 0 Å². The highest BCUT2D eigenvalue weighted by atomic mass is 16.1. The summed E-state index contributed by atoms with van der Waals surface area (Å²) in [5, 5.41) is 4.00. The number of carbonyl (C=O) groups is 1. The number of pyridine rings is 1. The maximum Gasteiger partial charge on any atom is 0.255 e. The number of fused-ring (bicyclic) bond motifs is 3. The largest absolute Gasteiger partial charge is 0.378 e. The molecule has 5 heteroatoms. The average Bonchev–Trinajstić information content (AvgIpc) is 3.12. The van der Waals surface area contributed by atoms with Crippen molar-refractivity contribution in [3.8, 4) is 0 Å². The van der Waals surface area contributed by atoms with Gasteiger partial charge >= 0.3 is 0 Å². The monoisotopic (exact) mass is 347 g/mol. The summed E-state index contributed by atoms with van der Waals surface area (Å²) in [6, 6.07) is 13.2. The fourth-order valence-corrected chi connectivity index (χ4v) is 3.61. The van der Waals surface area contributed by atoms with Crippen molar-refractivity contribution >= 4 is 28.2 Å². The molecule has 1 aliphatic carbocycles. The first kappa shape index (κ1) is 16.4. The van der Waals surface area contributed by atoms with Crippen molar-refractivity contribution in [3.63, 3.8) is 0 Å². The second kappa shape index (κ2) is 6.33. The van der Waals surface area contributed by atoms with E-state index in [1.165, 1.54) is 0 Å². The minimum absolute atomic E-state index is 0.00726. The van der Waals surface area contributed by atoms with Gasteiger partial charge in [-0.1, -0.05) is 12.1 Å². The number of aromatic amines is 1. The molecule has 2 aromatic carbocycles. The number of amides is 1. The minimum atomic E-state index is -0.170. The Kier molecular flexibility index (Phi) is 3.99. The fourth-order valence-electron chi connectivity index (χ4n) is 3.61. The summed E-state index contributed by atoms with van der Waals surface area (Å²) < 4.78 is 0. The molecule has 1 heterocycles. The number of hydrogen-bond donors (Lipinski definition) is 2. The van der Waals surface area contributed by atoms with E-state index in [-0.39, 0.29) is 11.5 Å². The van der Waals surface area contributed by atoms with Gasteiger partial charge in [0.1, 0.15) is 0 Å². The molecular formula is C21H21N3O2. The number of H-pyrrole nitrogens is 1. The first-order valence-electron chi connectivity index (χ1n) is 8.79. The summed E-state index contributed by atoms with van der Waals surface area (Å²) in [4.78, 5) is 29.7. The van der Waals surface area contributed by atoms with E-state index in [0.717, 1.165) is 47.0 Å². The molecule has 26 heavy (non-hydrogen) atoms. The number of benzene rings is 2. The molecule has 0 atom stereocenters. The number of carbonyl (C=O) groups excluding carboxylic acids is 1. The van der Waals surface area contributed by atoms with Gasteiger partial charge in [-0.2, -0.15) is 0 Å². The zero-order valence-electron chi connectivity index (χ0n) is 14.9. The van der Waals surface area contributed by atoms with Crippen molar-refractivity contribution in [2.75, 3.05) is 24.3 Å². The molecule has 0 spiro atoms. The zero-order chi connectivity index (χ0) is 18.3. The third-order valence-electron chi connectivity index (χ3n) is 4.97. The number of rotatable bonds is 3. The van der Waals surface area contributed by atoms with E-state index in [1.807, 2.05) is 55.4 Å². The Labute approximate surface area is 151 Å². The third-order valence-corrected chi connectivity index (χ3v) is 4.97. The lowest BCUT2D eigenvalue weighted by Gasteiger charge is -2.14. The van der Waals surface area contributed by atoms with Gasteiger partial charge in [0.2, 0.25) is 0 Å². The fraction of sp³-hybridized carbons (Fsp3) is 0.238. The Balaban J connectivity index is 1.65. The van der Waals surface area contributed by atoms with Crippen molar-refractivity contribution in [2.24, 2.45) is 0 Å². The molecule has 5 nitrogen and oxygen atoms in total. The van der Waals surface area contributed by atoms with Crippen molar-refractivity contribution in [1.29, 1.82) is 0 Å². The lowest BCUT2D eigenvalue weighted by molar-refractivity contribution is 0.102. The topological polar surface area (TPSA) is 65.2 Å². The van der Waals surface area contributed by atoms with Gasteiger partial charge in [0.05, 0.1) is 5.52 Å². The molecule has 0 saturated carbocycles. The standard InChI is InChI=1S/C21H21N3O2/c1-24(2)15-6-3-5-13(11-15)20(25)22-14-9-10-17-16-7-4-8-18(16)21(26)23-19(17)12-14/h3,5-6,9-12H,4,7-8H2,1-2H3,(H,22,25)(H,23,26). The maximum absolute atomic E-state index is 12.6. The van der Waals surface area contributed by atoms with E-state index in [0.29, 0.717) is 11.3 Å². The van der Waals surface area contributed by atoms with Crippen LogP contribution in [0.4, 0.5) is 11.4 Å². The van der Waals surface area contributed by atoms with Gasteiger partial charge in [-0.3, -0.25) is 9.59 Å². The highest BCUT2D eigenvalue weighted by Crippen LogP contribution is 2.28. The highest BCUT2D eigenvalue weighted by Gasteiger charge is 2.18. The number of aryl methyl sites for hydroxylation is 1. The quantitative estimate of drug-likeness (QED) is 0.764. The number of hydrogen-bond acceptors (Lipinski definition) is 3. The average molecular weight is 347 g/mol. The highest BCUT2D eigenvalue weighted by molar-refractivity contribution is 6.05. The van der Waals surface area contributed by atoms with Crippen LogP contribution in [0.1, 0.15) is 27.9 Å². The first-order valence-corrected chi connectivity index (χ1v) is 8.79. The lowest BCUT2D eigenvalue weighted by atomic mass is 10.1. The van der Waals surface area contributed by atoms with E-state index in [9.17, 15) is 9.59 Å². The van der Waals surface area contributed by atoms with Crippen molar-refractivity contribution in [1.82, 2.24) is 4.98 Å². The minimum Gasteiger partial charge on any atom is -0.378 e. The molecular weight excluding hydrogens is 326 g/mol. The molecule has 4 rings (SSSR count). The molecule has 0 unspecified atom stereocenters. The molecule has 0 saturated heterocycles. The second-order valence-electron chi connectivity index (χ2n) is 6.92. The SMILES string of the molecule is CN(C)c1cccc(C(=O)Nc2ccc3c4c(c(=O)[nH]c3c2)CCC4)c1. The Hall–Kier alpha value is -3.08. The van der Waals surface area contributed by atoms with E-state index in [4.69, 9.17) is 0 Å². The number of aromatic nitrogens is 1. The summed E-state index contributed by atoms with van der Waals surface area (Å²) in [6.45, 7) is 0. The molecule has 2 N–H and O–H groups in total. The van der Waals surface area contributed by atoms with Gasteiger partial charge in [0, 0.05) is 42.0 Å². The molecule has 1 amide bonds. The number of nitrogens with one attached hydrogen (secondary N) is 2. The Morgan fingerprint density at radius 2 is 1.88 bits per heavy atom. The Morgan fingerprint density at radius 3 is 2.69 bits per heavy atom. The number of anilines is 2. The van der Waals surface area contributed by atoms with Gasteiger partial charge in [0.25, 0.3) is 11.5 Å². The number of nitrogens with zero attached hydrogens (tertiary/aromatic N) is 1. The van der Waals surface area contributed by atoms with Crippen LogP contribution in [0.25, 0.3) is 10.9 Å². The molecule has 132 valence electrons. The van der Waals surface area contributed by atoms with Crippen molar-refractivity contribution in [2.45, 2.75) is 19.3 Å². The summed E-state index contributed by atoms with van der Waals surface area (Å²) in [5.74, 6) is -0.170. The molecule has 1 aromatic heterocycles. The van der Waals surface area contributed by atoms with Crippen molar-refractivity contribution in [3.05, 3.63) is 69.5 Å². The van der Waals surface area contributed by atoms with E-state index >= 15 is 0 Å². The molecule has 1 aliphatic rings. The summed E-state index contributed by atoms with van der Waals surface area (Å²) in [6.07, 6.45) is 2.82. The van der Waals surface area contributed by atoms with Gasteiger partial charge in [-0.15, -0.1) is 0 Å². The molecule has 0 fully saturated rings. The predicted octanol–water partition coefficient (Wildman–Crippen LogP) is 3.34. The third kappa shape index (κ3) is 2.86. The van der Waals surface area contributed by atoms with Crippen LogP contribution in [0.3, 0.4) is 0 Å². The Morgan fingerprint density at radius 1 is 1.08 bits per heavy atom. The van der Waals surface area contributed by atoms with Crippen LogP contribution < -0.4 is 15.8 Å².